The van der Waals surface area contributed by atoms with E-state index in [1.807, 2.05) is 6.92 Å². The SMILES string of the molecule is CCOC(=O)C(CC)OCCOCCCOC. The Bertz CT molecular complexity index is 184. The summed E-state index contributed by atoms with van der Waals surface area (Å²) in [7, 11) is 1.66. The first-order valence-electron chi connectivity index (χ1n) is 6.11. The van der Waals surface area contributed by atoms with Crippen LogP contribution >= 0.6 is 0 Å². The minimum absolute atomic E-state index is 0.297. The molecule has 0 fully saturated rings. The van der Waals surface area contributed by atoms with Crippen LogP contribution in [-0.2, 0) is 23.7 Å². The van der Waals surface area contributed by atoms with E-state index in [2.05, 4.69) is 0 Å². The van der Waals surface area contributed by atoms with Crippen molar-refractivity contribution in [1.82, 2.24) is 0 Å². The van der Waals surface area contributed by atoms with Crippen molar-refractivity contribution in [1.29, 1.82) is 0 Å². The third-order valence-corrected chi connectivity index (χ3v) is 2.10. The fraction of sp³-hybridized carbons (Fsp3) is 0.917. The molecule has 0 rings (SSSR count). The van der Waals surface area contributed by atoms with Crippen molar-refractivity contribution in [3.05, 3.63) is 0 Å². The standard InChI is InChI=1S/C12H24O5/c1-4-11(12(13)16-5-2)17-10-9-15-8-6-7-14-3/h11H,4-10H2,1-3H3. The van der Waals surface area contributed by atoms with E-state index in [0.29, 0.717) is 39.5 Å². The van der Waals surface area contributed by atoms with Crippen LogP contribution in [-0.4, -0.2) is 52.2 Å². The Hall–Kier alpha value is -0.650. The average molecular weight is 248 g/mol. The van der Waals surface area contributed by atoms with Crippen molar-refractivity contribution < 1.29 is 23.7 Å². The van der Waals surface area contributed by atoms with Gasteiger partial charge in [-0.25, -0.2) is 4.79 Å². The lowest BCUT2D eigenvalue weighted by molar-refractivity contribution is -0.157. The Morgan fingerprint density at radius 2 is 1.88 bits per heavy atom. The normalized spacial score (nSPS) is 12.4. The lowest BCUT2D eigenvalue weighted by Gasteiger charge is -2.14. The largest absolute Gasteiger partial charge is 0.464 e. The van der Waals surface area contributed by atoms with Crippen LogP contribution in [0.25, 0.3) is 0 Å². The van der Waals surface area contributed by atoms with E-state index in [1.165, 1.54) is 0 Å². The van der Waals surface area contributed by atoms with Crippen LogP contribution in [0.15, 0.2) is 0 Å². The van der Waals surface area contributed by atoms with E-state index in [-0.39, 0.29) is 5.97 Å². The summed E-state index contributed by atoms with van der Waals surface area (Å²) in [6, 6.07) is 0. The molecule has 0 saturated carbocycles. The monoisotopic (exact) mass is 248 g/mol. The first kappa shape index (κ1) is 16.4. The predicted octanol–water partition coefficient (Wildman–Crippen LogP) is 1.40. The van der Waals surface area contributed by atoms with Gasteiger partial charge in [-0.1, -0.05) is 6.92 Å². The van der Waals surface area contributed by atoms with Crippen LogP contribution in [0.5, 0.6) is 0 Å². The summed E-state index contributed by atoms with van der Waals surface area (Å²) in [6.07, 6.45) is 1.01. The molecule has 0 bridgehead atoms. The third kappa shape index (κ3) is 9.09. The topological polar surface area (TPSA) is 54.0 Å². The quantitative estimate of drug-likeness (QED) is 0.408. The van der Waals surface area contributed by atoms with Gasteiger partial charge in [0.15, 0.2) is 6.10 Å². The maximum Gasteiger partial charge on any atom is 0.335 e. The van der Waals surface area contributed by atoms with E-state index >= 15 is 0 Å². The Morgan fingerprint density at radius 1 is 1.12 bits per heavy atom. The fourth-order valence-corrected chi connectivity index (χ4v) is 1.24. The highest BCUT2D eigenvalue weighted by Crippen LogP contribution is 2.01. The van der Waals surface area contributed by atoms with Crippen LogP contribution in [0, 0.1) is 0 Å². The molecule has 5 heteroatoms. The van der Waals surface area contributed by atoms with Gasteiger partial charge in [0.1, 0.15) is 0 Å². The summed E-state index contributed by atoms with van der Waals surface area (Å²) in [5, 5.41) is 0. The van der Waals surface area contributed by atoms with Gasteiger partial charge in [0.2, 0.25) is 0 Å². The summed E-state index contributed by atoms with van der Waals surface area (Å²) < 4.78 is 20.5. The Kier molecular flexibility index (Phi) is 11.4. The van der Waals surface area contributed by atoms with Crippen molar-refractivity contribution in [3.8, 4) is 0 Å². The van der Waals surface area contributed by atoms with Gasteiger partial charge < -0.3 is 18.9 Å². The molecule has 0 amide bonds. The molecule has 0 heterocycles. The van der Waals surface area contributed by atoms with Gasteiger partial charge in [0, 0.05) is 20.3 Å². The molecule has 0 aromatic heterocycles. The first-order valence-corrected chi connectivity index (χ1v) is 6.11. The van der Waals surface area contributed by atoms with E-state index < -0.39 is 6.10 Å². The van der Waals surface area contributed by atoms with Gasteiger partial charge in [0.05, 0.1) is 19.8 Å². The van der Waals surface area contributed by atoms with Crippen LogP contribution in [0.2, 0.25) is 0 Å². The van der Waals surface area contributed by atoms with E-state index in [9.17, 15) is 4.79 Å². The molecule has 0 radical (unpaired) electrons. The lowest BCUT2D eigenvalue weighted by Crippen LogP contribution is -2.27. The number of hydrogen-bond donors (Lipinski definition) is 0. The first-order chi connectivity index (χ1) is 8.26. The van der Waals surface area contributed by atoms with Crippen LogP contribution in [0.4, 0.5) is 0 Å². The molecule has 5 nitrogen and oxygen atoms in total. The lowest BCUT2D eigenvalue weighted by atomic mass is 10.3. The zero-order chi connectivity index (χ0) is 12.9. The molecular formula is C12H24O5. The number of carbonyl (C=O) groups excluding carboxylic acids is 1. The maximum absolute atomic E-state index is 11.4. The molecule has 0 aromatic carbocycles. The Morgan fingerprint density at radius 3 is 2.47 bits per heavy atom. The second kappa shape index (κ2) is 11.8. The minimum Gasteiger partial charge on any atom is -0.464 e. The summed E-state index contributed by atoms with van der Waals surface area (Å²) in [5.74, 6) is -0.297. The predicted molar refractivity (Wildman–Crippen MR) is 64.0 cm³/mol. The number of esters is 1. The van der Waals surface area contributed by atoms with Crippen molar-refractivity contribution in [2.75, 3.05) is 40.1 Å². The summed E-state index contributed by atoms with van der Waals surface area (Å²) in [5.41, 5.74) is 0. The van der Waals surface area contributed by atoms with E-state index in [1.54, 1.807) is 14.0 Å². The summed E-state index contributed by atoms with van der Waals surface area (Å²) in [4.78, 5) is 11.4. The average Bonchev–Trinajstić information content (AvgIpc) is 2.33. The van der Waals surface area contributed by atoms with Gasteiger partial charge in [0.25, 0.3) is 0 Å². The van der Waals surface area contributed by atoms with Crippen molar-refractivity contribution in [2.45, 2.75) is 32.8 Å². The zero-order valence-corrected chi connectivity index (χ0v) is 11.1. The molecule has 0 aliphatic carbocycles. The van der Waals surface area contributed by atoms with Gasteiger partial charge in [-0.15, -0.1) is 0 Å². The van der Waals surface area contributed by atoms with Gasteiger partial charge in [-0.2, -0.15) is 0 Å². The number of methoxy groups -OCH3 is 1. The molecule has 102 valence electrons. The zero-order valence-electron chi connectivity index (χ0n) is 11.1. The van der Waals surface area contributed by atoms with Crippen molar-refractivity contribution in [2.24, 2.45) is 0 Å². The number of carbonyl (C=O) groups is 1. The molecule has 0 N–H and O–H groups in total. The minimum atomic E-state index is -0.475. The highest BCUT2D eigenvalue weighted by Gasteiger charge is 2.17. The smallest absolute Gasteiger partial charge is 0.335 e. The molecule has 1 unspecified atom stereocenters. The van der Waals surface area contributed by atoms with Gasteiger partial charge >= 0.3 is 5.97 Å². The van der Waals surface area contributed by atoms with E-state index in [4.69, 9.17) is 18.9 Å². The van der Waals surface area contributed by atoms with Crippen LogP contribution < -0.4 is 0 Å². The van der Waals surface area contributed by atoms with Crippen molar-refractivity contribution in [3.63, 3.8) is 0 Å². The van der Waals surface area contributed by atoms with Crippen LogP contribution in [0.3, 0.4) is 0 Å². The summed E-state index contributed by atoms with van der Waals surface area (Å²) in [6.45, 7) is 6.29. The van der Waals surface area contributed by atoms with Crippen molar-refractivity contribution >= 4 is 5.97 Å². The number of ether oxygens (including phenoxy) is 4. The van der Waals surface area contributed by atoms with Crippen LogP contribution in [0.1, 0.15) is 26.7 Å². The van der Waals surface area contributed by atoms with Gasteiger partial charge in [-0.05, 0) is 19.8 Å². The molecule has 0 aliphatic rings. The molecule has 0 spiro atoms. The second-order valence-corrected chi connectivity index (χ2v) is 3.48. The fourth-order valence-electron chi connectivity index (χ4n) is 1.24. The Balaban J connectivity index is 3.46. The maximum atomic E-state index is 11.4. The second-order valence-electron chi connectivity index (χ2n) is 3.48. The Labute approximate surface area is 103 Å². The highest BCUT2D eigenvalue weighted by molar-refractivity contribution is 5.74. The molecule has 17 heavy (non-hydrogen) atoms. The molecule has 0 aromatic rings. The molecule has 1 atom stereocenters. The molecule has 0 aliphatic heterocycles. The van der Waals surface area contributed by atoms with Gasteiger partial charge in [-0.3, -0.25) is 0 Å². The third-order valence-electron chi connectivity index (χ3n) is 2.10. The van der Waals surface area contributed by atoms with E-state index in [0.717, 1.165) is 6.42 Å². The molecule has 0 saturated heterocycles. The molecular weight excluding hydrogens is 224 g/mol. The number of hydrogen-bond acceptors (Lipinski definition) is 5. The highest BCUT2D eigenvalue weighted by atomic mass is 16.6. The number of rotatable bonds is 11. The summed E-state index contributed by atoms with van der Waals surface area (Å²) >= 11 is 0.